The summed E-state index contributed by atoms with van der Waals surface area (Å²) in [5.41, 5.74) is 0.939. The first-order valence-electron chi connectivity index (χ1n) is 8.77. The minimum absolute atomic E-state index is 0.135. The van der Waals surface area contributed by atoms with Crippen molar-refractivity contribution in [2.45, 2.75) is 39.0 Å². The van der Waals surface area contributed by atoms with Crippen LogP contribution in [0.5, 0.6) is 5.75 Å². The predicted molar refractivity (Wildman–Crippen MR) is 100 cm³/mol. The maximum atomic E-state index is 12.3. The van der Waals surface area contributed by atoms with E-state index in [2.05, 4.69) is 16.8 Å². The SMILES string of the molecule is CCCOc1ccccc1/C=C1/SC(N2CCCCCC2)=NC1=O. The minimum atomic E-state index is -0.135. The molecule has 1 aromatic carbocycles. The van der Waals surface area contributed by atoms with Gasteiger partial charge < -0.3 is 9.64 Å². The molecule has 1 fully saturated rings. The maximum absolute atomic E-state index is 12.3. The fourth-order valence-corrected chi connectivity index (χ4v) is 3.84. The minimum Gasteiger partial charge on any atom is -0.493 e. The Morgan fingerprint density at radius 2 is 1.96 bits per heavy atom. The third-order valence-corrected chi connectivity index (χ3v) is 5.20. The summed E-state index contributed by atoms with van der Waals surface area (Å²) in [5, 5.41) is 0.861. The largest absolute Gasteiger partial charge is 0.493 e. The molecular formula is C19H24N2O2S. The van der Waals surface area contributed by atoms with Gasteiger partial charge in [-0.1, -0.05) is 38.0 Å². The molecule has 1 saturated heterocycles. The third kappa shape index (κ3) is 4.20. The summed E-state index contributed by atoms with van der Waals surface area (Å²) in [6.07, 6.45) is 7.77. The van der Waals surface area contributed by atoms with E-state index in [1.54, 1.807) is 0 Å². The van der Waals surface area contributed by atoms with Crippen molar-refractivity contribution in [3.8, 4) is 5.75 Å². The van der Waals surface area contributed by atoms with E-state index in [0.29, 0.717) is 11.5 Å². The molecule has 128 valence electrons. The number of carbonyl (C=O) groups excluding carboxylic acids is 1. The highest BCUT2D eigenvalue weighted by molar-refractivity contribution is 8.18. The molecule has 5 heteroatoms. The standard InChI is InChI=1S/C19H24N2O2S/c1-2-13-23-16-10-6-5-9-15(16)14-17-18(22)20-19(24-17)21-11-7-3-4-8-12-21/h5-6,9-10,14H,2-4,7-8,11-13H2,1H3/b17-14+. The van der Waals surface area contributed by atoms with Crippen molar-refractivity contribution in [2.75, 3.05) is 19.7 Å². The Morgan fingerprint density at radius 3 is 2.71 bits per heavy atom. The second kappa shape index (κ2) is 8.38. The Bertz CT molecular complexity index is 647. The van der Waals surface area contributed by atoms with Crippen LogP contribution < -0.4 is 4.74 Å². The monoisotopic (exact) mass is 344 g/mol. The number of para-hydroxylation sites is 1. The van der Waals surface area contributed by atoms with E-state index in [1.165, 1.54) is 37.4 Å². The van der Waals surface area contributed by atoms with Crippen molar-refractivity contribution >= 4 is 28.9 Å². The summed E-state index contributed by atoms with van der Waals surface area (Å²) in [5.74, 6) is 0.688. The smallest absolute Gasteiger partial charge is 0.286 e. The molecule has 0 aliphatic carbocycles. The summed E-state index contributed by atoms with van der Waals surface area (Å²) >= 11 is 1.49. The number of hydrogen-bond donors (Lipinski definition) is 0. The number of amidine groups is 1. The van der Waals surface area contributed by atoms with E-state index in [4.69, 9.17) is 4.74 Å². The lowest BCUT2D eigenvalue weighted by Crippen LogP contribution is -2.28. The van der Waals surface area contributed by atoms with Crippen LogP contribution in [0.15, 0.2) is 34.2 Å². The molecule has 1 amide bonds. The normalized spacial score (nSPS) is 20.2. The Kier molecular flexibility index (Phi) is 5.96. The molecule has 0 atom stereocenters. The van der Waals surface area contributed by atoms with Crippen LogP contribution in [0.25, 0.3) is 6.08 Å². The van der Waals surface area contributed by atoms with Crippen LogP contribution >= 0.6 is 11.8 Å². The summed E-state index contributed by atoms with van der Waals surface area (Å²) in [6.45, 7) is 4.76. The molecule has 0 aromatic heterocycles. The van der Waals surface area contributed by atoms with Crippen LogP contribution in [-0.2, 0) is 4.79 Å². The van der Waals surface area contributed by atoms with Crippen LogP contribution in [-0.4, -0.2) is 35.7 Å². The maximum Gasteiger partial charge on any atom is 0.286 e. The third-order valence-electron chi connectivity index (χ3n) is 4.15. The first-order valence-corrected chi connectivity index (χ1v) is 9.59. The summed E-state index contributed by atoms with van der Waals surface area (Å²) in [4.78, 5) is 19.5. The Morgan fingerprint density at radius 1 is 1.21 bits per heavy atom. The van der Waals surface area contributed by atoms with Crippen molar-refractivity contribution in [2.24, 2.45) is 4.99 Å². The lowest BCUT2D eigenvalue weighted by Gasteiger charge is -2.20. The quantitative estimate of drug-likeness (QED) is 0.763. The number of carbonyl (C=O) groups is 1. The molecular weight excluding hydrogens is 320 g/mol. The number of ether oxygens (including phenoxy) is 1. The van der Waals surface area contributed by atoms with Crippen molar-refractivity contribution in [1.82, 2.24) is 4.90 Å². The van der Waals surface area contributed by atoms with Crippen molar-refractivity contribution < 1.29 is 9.53 Å². The second-order valence-electron chi connectivity index (χ2n) is 6.10. The highest BCUT2D eigenvalue weighted by atomic mass is 32.2. The van der Waals surface area contributed by atoms with E-state index < -0.39 is 0 Å². The number of rotatable bonds is 4. The summed E-state index contributed by atoms with van der Waals surface area (Å²) < 4.78 is 5.78. The van der Waals surface area contributed by atoms with Gasteiger partial charge in [-0.3, -0.25) is 4.79 Å². The fourth-order valence-electron chi connectivity index (χ4n) is 2.88. The van der Waals surface area contributed by atoms with Gasteiger partial charge in [0.2, 0.25) is 0 Å². The highest BCUT2D eigenvalue weighted by Crippen LogP contribution is 2.33. The van der Waals surface area contributed by atoms with Gasteiger partial charge in [0, 0.05) is 18.7 Å². The van der Waals surface area contributed by atoms with Gasteiger partial charge in [-0.25, -0.2) is 0 Å². The molecule has 0 spiro atoms. The number of thioether (sulfide) groups is 1. The number of aliphatic imine (C=N–C) groups is 1. The van der Waals surface area contributed by atoms with Crippen LogP contribution in [0.2, 0.25) is 0 Å². The lowest BCUT2D eigenvalue weighted by atomic mass is 10.2. The van der Waals surface area contributed by atoms with E-state index in [0.717, 1.165) is 36.0 Å². The van der Waals surface area contributed by atoms with Crippen LogP contribution in [0.3, 0.4) is 0 Å². The zero-order valence-corrected chi connectivity index (χ0v) is 15.0. The van der Waals surface area contributed by atoms with Gasteiger partial charge in [0.25, 0.3) is 5.91 Å². The van der Waals surface area contributed by atoms with Crippen LogP contribution in [0.1, 0.15) is 44.6 Å². The van der Waals surface area contributed by atoms with Gasteiger partial charge in [0.15, 0.2) is 5.17 Å². The highest BCUT2D eigenvalue weighted by Gasteiger charge is 2.26. The Hall–Kier alpha value is -1.75. The molecule has 2 aliphatic rings. The van der Waals surface area contributed by atoms with Gasteiger partial charge in [-0.2, -0.15) is 4.99 Å². The van der Waals surface area contributed by atoms with E-state index >= 15 is 0 Å². The van der Waals surface area contributed by atoms with Gasteiger partial charge in [0.1, 0.15) is 5.75 Å². The number of likely N-dealkylation sites (tertiary alicyclic amines) is 1. The van der Waals surface area contributed by atoms with E-state index in [-0.39, 0.29) is 5.91 Å². The molecule has 0 radical (unpaired) electrons. The van der Waals surface area contributed by atoms with Crippen LogP contribution in [0, 0.1) is 0 Å². The number of hydrogen-bond acceptors (Lipinski definition) is 4. The molecule has 0 unspecified atom stereocenters. The molecule has 0 N–H and O–H groups in total. The topological polar surface area (TPSA) is 41.9 Å². The number of benzene rings is 1. The second-order valence-corrected chi connectivity index (χ2v) is 7.11. The van der Waals surface area contributed by atoms with Crippen molar-refractivity contribution in [3.63, 3.8) is 0 Å². The molecule has 0 saturated carbocycles. The molecule has 3 rings (SSSR count). The zero-order valence-electron chi connectivity index (χ0n) is 14.2. The molecule has 2 aliphatic heterocycles. The molecule has 1 aromatic rings. The Labute approximate surface area is 148 Å². The predicted octanol–water partition coefficient (Wildman–Crippen LogP) is 4.32. The number of amides is 1. The molecule has 0 bridgehead atoms. The van der Waals surface area contributed by atoms with Gasteiger partial charge >= 0.3 is 0 Å². The summed E-state index contributed by atoms with van der Waals surface area (Å²) in [6, 6.07) is 7.85. The van der Waals surface area contributed by atoms with E-state index in [9.17, 15) is 4.79 Å². The van der Waals surface area contributed by atoms with E-state index in [1.807, 2.05) is 30.3 Å². The Balaban J connectivity index is 1.74. The van der Waals surface area contributed by atoms with Gasteiger partial charge in [-0.15, -0.1) is 0 Å². The van der Waals surface area contributed by atoms with Crippen molar-refractivity contribution in [3.05, 3.63) is 34.7 Å². The lowest BCUT2D eigenvalue weighted by molar-refractivity contribution is -0.113. The van der Waals surface area contributed by atoms with Crippen LogP contribution in [0.4, 0.5) is 0 Å². The first-order chi connectivity index (χ1) is 11.8. The average molecular weight is 344 g/mol. The summed E-state index contributed by atoms with van der Waals surface area (Å²) in [7, 11) is 0. The first kappa shape index (κ1) is 17.1. The van der Waals surface area contributed by atoms with Gasteiger partial charge in [0.05, 0.1) is 11.5 Å². The molecule has 24 heavy (non-hydrogen) atoms. The molecule has 4 nitrogen and oxygen atoms in total. The van der Waals surface area contributed by atoms with Crippen molar-refractivity contribution in [1.29, 1.82) is 0 Å². The number of nitrogens with zero attached hydrogens (tertiary/aromatic N) is 2. The average Bonchev–Trinajstić information content (AvgIpc) is 2.80. The zero-order chi connectivity index (χ0) is 16.8. The van der Waals surface area contributed by atoms with Gasteiger partial charge in [-0.05, 0) is 43.2 Å². The fraction of sp³-hybridized carbons (Fsp3) is 0.474. The molecule has 2 heterocycles.